The SMILES string of the molecule is CC[C@@]1(C)C#CC(C)C1. The molecule has 0 amide bonds. The lowest BCUT2D eigenvalue weighted by Gasteiger charge is -2.17. The second kappa shape index (κ2) is 2.06. The van der Waals surface area contributed by atoms with Crippen molar-refractivity contribution in [2.45, 2.75) is 33.6 Å². The van der Waals surface area contributed by atoms with Crippen molar-refractivity contribution < 1.29 is 0 Å². The summed E-state index contributed by atoms with van der Waals surface area (Å²) in [6.45, 7) is 6.67. The van der Waals surface area contributed by atoms with E-state index in [2.05, 4.69) is 32.6 Å². The smallest absolute Gasteiger partial charge is 0.0295 e. The zero-order chi connectivity index (χ0) is 6.91. The van der Waals surface area contributed by atoms with E-state index in [-0.39, 0.29) is 0 Å². The van der Waals surface area contributed by atoms with Gasteiger partial charge in [0.1, 0.15) is 0 Å². The van der Waals surface area contributed by atoms with E-state index in [4.69, 9.17) is 0 Å². The fourth-order valence-corrected chi connectivity index (χ4v) is 1.31. The van der Waals surface area contributed by atoms with Gasteiger partial charge in [-0.25, -0.2) is 0 Å². The van der Waals surface area contributed by atoms with Crippen LogP contribution in [0.3, 0.4) is 0 Å². The molecule has 0 aromatic rings. The predicted molar refractivity (Wildman–Crippen MR) is 40.0 cm³/mol. The van der Waals surface area contributed by atoms with Gasteiger partial charge in [-0.2, -0.15) is 0 Å². The van der Waals surface area contributed by atoms with E-state index in [1.807, 2.05) is 0 Å². The van der Waals surface area contributed by atoms with Gasteiger partial charge in [-0.15, -0.1) is 0 Å². The lowest BCUT2D eigenvalue weighted by Crippen LogP contribution is -2.10. The minimum Gasteiger partial charge on any atom is -0.0996 e. The largest absolute Gasteiger partial charge is 0.0996 e. The molecule has 1 unspecified atom stereocenters. The highest BCUT2D eigenvalue weighted by Gasteiger charge is 2.25. The molecular weight excluding hydrogens is 108 g/mol. The molecular formula is C9H14. The van der Waals surface area contributed by atoms with Crippen molar-refractivity contribution in [3.8, 4) is 11.8 Å². The molecule has 2 atom stereocenters. The Morgan fingerprint density at radius 2 is 2.33 bits per heavy atom. The second-order valence-corrected chi connectivity index (χ2v) is 3.29. The molecule has 0 spiro atoms. The second-order valence-electron chi connectivity index (χ2n) is 3.29. The molecule has 50 valence electrons. The third-order valence-corrected chi connectivity index (χ3v) is 2.16. The Bertz CT molecular complexity index is 159. The molecule has 0 bridgehead atoms. The van der Waals surface area contributed by atoms with E-state index in [9.17, 15) is 0 Å². The van der Waals surface area contributed by atoms with Crippen LogP contribution in [-0.2, 0) is 0 Å². The summed E-state index contributed by atoms with van der Waals surface area (Å²) in [4.78, 5) is 0. The van der Waals surface area contributed by atoms with Crippen molar-refractivity contribution in [3.05, 3.63) is 0 Å². The lowest BCUT2D eigenvalue weighted by atomic mass is 9.85. The molecule has 0 radical (unpaired) electrons. The summed E-state index contributed by atoms with van der Waals surface area (Å²) < 4.78 is 0. The third kappa shape index (κ3) is 1.27. The Labute approximate surface area is 57.7 Å². The van der Waals surface area contributed by atoms with E-state index in [0.717, 1.165) is 0 Å². The normalized spacial score (nSPS) is 40.1. The van der Waals surface area contributed by atoms with Gasteiger partial charge >= 0.3 is 0 Å². The molecule has 0 saturated carbocycles. The van der Waals surface area contributed by atoms with Gasteiger partial charge in [0.25, 0.3) is 0 Å². The van der Waals surface area contributed by atoms with E-state index in [1.165, 1.54) is 12.8 Å². The zero-order valence-corrected chi connectivity index (χ0v) is 6.49. The van der Waals surface area contributed by atoms with Crippen LogP contribution in [0.4, 0.5) is 0 Å². The molecule has 0 fully saturated rings. The van der Waals surface area contributed by atoms with E-state index in [0.29, 0.717) is 11.3 Å². The maximum absolute atomic E-state index is 3.28. The van der Waals surface area contributed by atoms with Gasteiger partial charge < -0.3 is 0 Å². The first kappa shape index (κ1) is 6.68. The summed E-state index contributed by atoms with van der Waals surface area (Å²) in [7, 11) is 0. The molecule has 1 aliphatic carbocycles. The molecule has 0 aromatic heterocycles. The zero-order valence-electron chi connectivity index (χ0n) is 6.49. The van der Waals surface area contributed by atoms with Gasteiger partial charge in [0.05, 0.1) is 0 Å². The van der Waals surface area contributed by atoms with Crippen molar-refractivity contribution >= 4 is 0 Å². The number of hydrogen-bond donors (Lipinski definition) is 0. The van der Waals surface area contributed by atoms with Crippen molar-refractivity contribution in [1.29, 1.82) is 0 Å². The maximum Gasteiger partial charge on any atom is 0.0295 e. The van der Waals surface area contributed by atoms with Crippen LogP contribution in [0.2, 0.25) is 0 Å². The predicted octanol–water partition coefficient (Wildman–Crippen LogP) is 2.45. The Morgan fingerprint density at radius 1 is 1.67 bits per heavy atom. The monoisotopic (exact) mass is 122 g/mol. The van der Waals surface area contributed by atoms with Crippen LogP contribution in [0, 0.1) is 23.2 Å². The van der Waals surface area contributed by atoms with Crippen LogP contribution in [-0.4, -0.2) is 0 Å². The van der Waals surface area contributed by atoms with Gasteiger partial charge in [0.2, 0.25) is 0 Å². The fourth-order valence-electron chi connectivity index (χ4n) is 1.31. The first-order valence-corrected chi connectivity index (χ1v) is 3.69. The topological polar surface area (TPSA) is 0 Å². The molecule has 0 aliphatic heterocycles. The van der Waals surface area contributed by atoms with Crippen molar-refractivity contribution in [1.82, 2.24) is 0 Å². The highest BCUT2D eigenvalue weighted by Crippen LogP contribution is 2.32. The molecule has 1 rings (SSSR count). The van der Waals surface area contributed by atoms with E-state index >= 15 is 0 Å². The number of hydrogen-bond acceptors (Lipinski definition) is 0. The fraction of sp³-hybridized carbons (Fsp3) is 0.778. The van der Waals surface area contributed by atoms with Crippen LogP contribution < -0.4 is 0 Å². The average molecular weight is 122 g/mol. The molecule has 0 nitrogen and oxygen atoms in total. The number of rotatable bonds is 1. The van der Waals surface area contributed by atoms with Crippen molar-refractivity contribution in [3.63, 3.8) is 0 Å². The van der Waals surface area contributed by atoms with Gasteiger partial charge in [0, 0.05) is 11.3 Å². The third-order valence-electron chi connectivity index (χ3n) is 2.16. The maximum atomic E-state index is 3.28. The lowest BCUT2D eigenvalue weighted by molar-refractivity contribution is 0.379. The highest BCUT2D eigenvalue weighted by molar-refractivity contribution is 5.19. The molecule has 9 heavy (non-hydrogen) atoms. The standard InChI is InChI=1S/C9H14/c1-4-9(3)6-5-8(2)7-9/h8H,4,7H2,1-3H3/t8?,9-/m0/s1. The molecule has 0 saturated heterocycles. The minimum atomic E-state index is 0.347. The molecule has 0 heteroatoms. The van der Waals surface area contributed by atoms with E-state index < -0.39 is 0 Å². The molecule has 0 heterocycles. The average Bonchev–Trinajstić information content (AvgIpc) is 2.13. The van der Waals surface area contributed by atoms with Gasteiger partial charge in [0.15, 0.2) is 0 Å². The minimum absolute atomic E-state index is 0.347. The van der Waals surface area contributed by atoms with Crippen LogP contribution in [0.25, 0.3) is 0 Å². The Hall–Kier alpha value is -0.440. The summed E-state index contributed by atoms with van der Waals surface area (Å²) in [5.74, 6) is 7.13. The summed E-state index contributed by atoms with van der Waals surface area (Å²) in [6.07, 6.45) is 2.44. The highest BCUT2D eigenvalue weighted by atomic mass is 14.3. The van der Waals surface area contributed by atoms with Crippen LogP contribution in [0.1, 0.15) is 33.6 Å². The Balaban J connectivity index is 2.61. The Kier molecular flexibility index (Phi) is 1.53. The summed E-state index contributed by atoms with van der Waals surface area (Å²) in [5, 5.41) is 0. The van der Waals surface area contributed by atoms with Crippen LogP contribution >= 0.6 is 0 Å². The molecule has 0 N–H and O–H groups in total. The molecule has 1 aliphatic rings. The van der Waals surface area contributed by atoms with Gasteiger partial charge in [-0.3, -0.25) is 0 Å². The summed E-state index contributed by atoms with van der Waals surface area (Å²) >= 11 is 0. The summed E-state index contributed by atoms with van der Waals surface area (Å²) in [5.41, 5.74) is 0.347. The van der Waals surface area contributed by atoms with Crippen molar-refractivity contribution in [2.24, 2.45) is 11.3 Å². The molecule has 0 aromatic carbocycles. The summed E-state index contributed by atoms with van der Waals surface area (Å²) in [6, 6.07) is 0. The first-order valence-electron chi connectivity index (χ1n) is 3.69. The van der Waals surface area contributed by atoms with E-state index in [1.54, 1.807) is 0 Å². The van der Waals surface area contributed by atoms with Gasteiger partial charge in [-0.05, 0) is 19.8 Å². The quantitative estimate of drug-likeness (QED) is 0.469. The Morgan fingerprint density at radius 3 is 2.56 bits per heavy atom. The van der Waals surface area contributed by atoms with Crippen LogP contribution in [0.15, 0.2) is 0 Å². The van der Waals surface area contributed by atoms with Gasteiger partial charge in [-0.1, -0.05) is 25.7 Å². The van der Waals surface area contributed by atoms with Crippen LogP contribution in [0.5, 0.6) is 0 Å². The first-order chi connectivity index (χ1) is 4.16. The van der Waals surface area contributed by atoms with Crippen molar-refractivity contribution in [2.75, 3.05) is 0 Å².